The number of para-hydroxylation sites is 3. The van der Waals surface area contributed by atoms with Crippen molar-refractivity contribution in [3.05, 3.63) is 200 Å². The predicted molar refractivity (Wildman–Crippen MR) is 233 cm³/mol. The van der Waals surface area contributed by atoms with E-state index in [0.29, 0.717) is 61.2 Å². The van der Waals surface area contributed by atoms with Crippen LogP contribution in [-0.2, 0) is 0 Å². The summed E-state index contributed by atoms with van der Waals surface area (Å²) in [5, 5.41) is 2.16. The summed E-state index contributed by atoms with van der Waals surface area (Å²) in [5.41, 5.74) is 3.59. The van der Waals surface area contributed by atoms with Gasteiger partial charge in [-0.25, -0.2) is 9.97 Å². The van der Waals surface area contributed by atoms with Crippen LogP contribution < -0.4 is 4.90 Å². The molecule has 57 heavy (non-hydrogen) atoms. The van der Waals surface area contributed by atoms with Crippen LogP contribution in [0.15, 0.2) is 209 Å². The van der Waals surface area contributed by atoms with Crippen molar-refractivity contribution in [1.82, 2.24) is 9.97 Å². The minimum atomic E-state index is -0.809. The van der Waals surface area contributed by atoms with Crippen molar-refractivity contribution in [2.75, 3.05) is 4.90 Å². The van der Waals surface area contributed by atoms with Crippen LogP contribution >= 0.6 is 0 Å². The molecule has 11 rings (SSSR count). The van der Waals surface area contributed by atoms with Gasteiger partial charge in [-0.1, -0.05) is 145 Å². The number of nitrogens with zero attached hydrogens (tertiary/aromatic N) is 3. The van der Waals surface area contributed by atoms with Crippen LogP contribution in [0.5, 0.6) is 0 Å². The highest BCUT2D eigenvalue weighted by Crippen LogP contribution is 2.44. The largest absolute Gasteiger partial charge is 0.456 e. The summed E-state index contributed by atoms with van der Waals surface area (Å²) in [5.74, 6) is 0.421. The molecule has 0 unspecified atom stereocenters. The smallest absolute Gasteiger partial charge is 0.180 e. The van der Waals surface area contributed by atoms with Crippen LogP contribution in [0.2, 0.25) is 0 Å². The van der Waals surface area contributed by atoms with E-state index in [4.69, 9.17) is 32.5 Å². The molecule has 5 heteroatoms. The zero-order valence-corrected chi connectivity index (χ0v) is 29.6. The van der Waals surface area contributed by atoms with Crippen LogP contribution in [0.1, 0.15) is 19.2 Å². The Bertz CT molecular complexity index is 3980. The molecule has 0 saturated carbocycles. The Morgan fingerprint density at radius 2 is 1.05 bits per heavy atom. The Morgan fingerprint density at radius 1 is 0.439 bits per heavy atom. The number of fused-ring (bicyclic) bond motifs is 6. The Hall–Kier alpha value is -7.76. The normalized spacial score (nSPS) is 14.9. The van der Waals surface area contributed by atoms with E-state index in [1.165, 1.54) is 6.07 Å². The number of hydrogen-bond donors (Lipinski definition) is 0. The average molecular weight is 746 g/mol. The number of aromatic nitrogens is 2. The summed E-state index contributed by atoms with van der Waals surface area (Å²) in [7, 11) is 0. The fourth-order valence-corrected chi connectivity index (χ4v) is 7.15. The maximum Gasteiger partial charge on any atom is 0.180 e. The van der Waals surface area contributed by atoms with E-state index in [1.54, 1.807) is 18.2 Å². The summed E-state index contributed by atoms with van der Waals surface area (Å²) in [4.78, 5) is 11.1. The average Bonchev–Trinajstić information content (AvgIpc) is 3.97. The second-order valence-corrected chi connectivity index (χ2v) is 13.1. The lowest BCUT2D eigenvalue weighted by atomic mass is 9.97. The van der Waals surface area contributed by atoms with Crippen LogP contribution in [0.3, 0.4) is 0 Å². The summed E-state index contributed by atoms with van der Waals surface area (Å²) >= 11 is 0. The lowest BCUT2D eigenvalue weighted by molar-refractivity contribution is 0.667. The summed E-state index contributed by atoms with van der Waals surface area (Å²) in [6.07, 6.45) is 0. The monoisotopic (exact) mass is 745 g/mol. The lowest BCUT2D eigenvalue weighted by Gasteiger charge is -2.26. The van der Waals surface area contributed by atoms with Crippen molar-refractivity contribution in [3.8, 4) is 44.9 Å². The quantitative estimate of drug-likeness (QED) is 0.163. The molecular formula is C52H33N3O2. The lowest BCUT2D eigenvalue weighted by Crippen LogP contribution is -2.10. The van der Waals surface area contributed by atoms with E-state index in [1.807, 2.05) is 91.0 Å². The third kappa shape index (κ3) is 5.72. The van der Waals surface area contributed by atoms with Gasteiger partial charge in [0.05, 0.1) is 24.9 Å². The van der Waals surface area contributed by atoms with Gasteiger partial charge in [-0.05, 0) is 70.7 Å². The zero-order chi connectivity index (χ0) is 49.9. The van der Waals surface area contributed by atoms with Crippen molar-refractivity contribution in [2.45, 2.75) is 0 Å². The van der Waals surface area contributed by atoms with Gasteiger partial charge in [0.1, 0.15) is 28.0 Å². The van der Waals surface area contributed by atoms with Gasteiger partial charge in [0.2, 0.25) is 0 Å². The first-order chi connectivity index (χ1) is 34.1. The van der Waals surface area contributed by atoms with Crippen molar-refractivity contribution in [3.63, 3.8) is 0 Å². The van der Waals surface area contributed by atoms with E-state index < -0.39 is 107 Å². The molecule has 3 heterocycles. The number of hydrogen-bond acceptors (Lipinski definition) is 5. The highest BCUT2D eigenvalue weighted by Gasteiger charge is 2.21. The van der Waals surface area contributed by atoms with E-state index in [-0.39, 0.29) is 11.3 Å². The number of furan rings is 2. The second kappa shape index (κ2) is 13.5. The topological polar surface area (TPSA) is 55.3 Å². The summed E-state index contributed by atoms with van der Waals surface area (Å²) < 4.78 is 136. The van der Waals surface area contributed by atoms with Crippen molar-refractivity contribution in [1.29, 1.82) is 0 Å². The fraction of sp³-hybridized carbons (Fsp3) is 0. The molecular weight excluding hydrogens is 699 g/mol. The van der Waals surface area contributed by atoms with E-state index in [2.05, 4.69) is 0 Å². The van der Waals surface area contributed by atoms with Crippen LogP contribution in [-0.4, -0.2) is 9.97 Å². The van der Waals surface area contributed by atoms with Gasteiger partial charge < -0.3 is 13.7 Å². The molecule has 0 N–H and O–H groups in total. The van der Waals surface area contributed by atoms with Crippen LogP contribution in [0, 0.1) is 0 Å². The molecule has 0 fully saturated rings. The zero-order valence-electron chi connectivity index (χ0n) is 43.6. The number of anilines is 3. The minimum Gasteiger partial charge on any atom is -0.456 e. The summed E-state index contributed by atoms with van der Waals surface area (Å²) in [6, 6.07) is 24.5. The molecule has 268 valence electrons. The standard InChI is InChI=1S/C52H33N3O2/c1-4-14-34(15-5-1)35-28-30-40(31-29-35)55(39-18-8-3-9-19-39)41-32-44(48-42-20-10-12-22-45(42)56-47(48)33-41)36-24-26-38(27-25-36)52-53-49(37-16-6-2-7-17-37)51-50(54-52)43-21-11-13-23-46(43)57-51/h1-33H/i1D,3D,4D,5D,8D,9D,14D,15D,18D,19D,28D,29D,30D,31D. The van der Waals surface area contributed by atoms with Crippen LogP contribution in [0.4, 0.5) is 17.1 Å². The Balaban J connectivity index is 1.16. The number of rotatable bonds is 7. The molecule has 0 saturated heterocycles. The summed E-state index contributed by atoms with van der Waals surface area (Å²) in [6.45, 7) is 0. The van der Waals surface area contributed by atoms with Gasteiger partial charge in [0.25, 0.3) is 0 Å². The predicted octanol–water partition coefficient (Wildman–Crippen LogP) is 14.4. The molecule has 0 aliphatic carbocycles. The molecule has 0 amide bonds. The molecule has 0 aliphatic rings. The number of benzene rings is 8. The maximum absolute atomic E-state index is 9.48. The van der Waals surface area contributed by atoms with E-state index in [0.717, 1.165) is 15.8 Å². The third-order valence-corrected chi connectivity index (χ3v) is 9.74. The SMILES string of the molecule is [2H]c1c([2H])c([2H])c(-c2c([2H])c([2H])c(N(c3cc(-c4ccc(-c5nc(-c6ccccc6)c6oc7ccccc7c6n5)cc4)c4c(c3)oc3ccccc34)c3c([2H])c([2H])c([2H])c([2H])c3[2H])c([2H])c2[2H])c([2H])c1[2H]. The Labute approximate surface area is 348 Å². The third-order valence-electron chi connectivity index (χ3n) is 9.74. The molecule has 8 aromatic carbocycles. The fourth-order valence-electron chi connectivity index (χ4n) is 7.15. The first-order valence-electron chi connectivity index (χ1n) is 24.9. The van der Waals surface area contributed by atoms with Crippen molar-refractivity contribution in [2.24, 2.45) is 0 Å². The molecule has 5 nitrogen and oxygen atoms in total. The van der Waals surface area contributed by atoms with Gasteiger partial charge in [0.15, 0.2) is 11.4 Å². The Morgan fingerprint density at radius 3 is 1.81 bits per heavy atom. The first kappa shape index (κ1) is 21.4. The van der Waals surface area contributed by atoms with E-state index in [9.17, 15) is 5.48 Å². The second-order valence-electron chi connectivity index (χ2n) is 13.1. The molecule has 0 aliphatic heterocycles. The first-order valence-corrected chi connectivity index (χ1v) is 17.9. The van der Waals surface area contributed by atoms with Gasteiger partial charge in [-0.2, -0.15) is 0 Å². The van der Waals surface area contributed by atoms with Gasteiger partial charge in [0, 0.05) is 44.7 Å². The maximum atomic E-state index is 9.48. The van der Waals surface area contributed by atoms with Crippen molar-refractivity contribution < 1.29 is 28.0 Å². The van der Waals surface area contributed by atoms with Gasteiger partial charge in [-0.3, -0.25) is 0 Å². The highest BCUT2D eigenvalue weighted by atomic mass is 16.3. The van der Waals surface area contributed by atoms with Crippen LogP contribution in [0.25, 0.3) is 88.9 Å². The molecule has 3 aromatic heterocycles. The minimum absolute atomic E-state index is 0.0126. The van der Waals surface area contributed by atoms with E-state index >= 15 is 0 Å². The van der Waals surface area contributed by atoms with Gasteiger partial charge >= 0.3 is 0 Å². The highest BCUT2D eigenvalue weighted by molar-refractivity contribution is 6.14. The molecule has 0 radical (unpaired) electrons. The molecule has 0 atom stereocenters. The molecule has 0 spiro atoms. The molecule has 0 bridgehead atoms. The van der Waals surface area contributed by atoms with Crippen molar-refractivity contribution >= 4 is 61.1 Å². The Kier molecular flexibility index (Phi) is 5.07. The van der Waals surface area contributed by atoms with Gasteiger partial charge in [-0.15, -0.1) is 0 Å². The molecule has 11 aromatic rings.